The molecule has 1 unspecified atom stereocenters. The highest BCUT2D eigenvalue weighted by atomic mass is 32.2. The Morgan fingerprint density at radius 1 is 1.22 bits per heavy atom. The van der Waals surface area contributed by atoms with Gasteiger partial charge in [-0.1, -0.05) is 23.9 Å². The Morgan fingerprint density at radius 2 is 1.97 bits per heavy atom. The molecule has 32 heavy (non-hydrogen) atoms. The average Bonchev–Trinajstić information content (AvgIpc) is 3.21. The molecule has 1 amide bonds. The van der Waals surface area contributed by atoms with Gasteiger partial charge in [0.25, 0.3) is 0 Å². The fraction of sp³-hybridized carbons (Fsp3) is 0.261. The van der Waals surface area contributed by atoms with E-state index in [9.17, 15) is 4.79 Å². The van der Waals surface area contributed by atoms with Crippen LogP contribution in [0.5, 0.6) is 11.5 Å². The van der Waals surface area contributed by atoms with Gasteiger partial charge in [0.15, 0.2) is 17.1 Å². The van der Waals surface area contributed by atoms with Crippen LogP contribution >= 0.6 is 23.5 Å². The zero-order valence-corrected chi connectivity index (χ0v) is 19.9. The molecule has 0 saturated carbocycles. The summed E-state index contributed by atoms with van der Waals surface area (Å²) in [5.74, 6) is 2.23. The first-order valence-corrected chi connectivity index (χ1v) is 12.2. The van der Waals surface area contributed by atoms with E-state index in [2.05, 4.69) is 22.1 Å². The topological polar surface area (TPSA) is 78.3 Å². The Labute approximate surface area is 196 Å². The molecule has 3 rings (SSSR count). The lowest BCUT2D eigenvalue weighted by atomic mass is 10.3. The fourth-order valence-corrected chi connectivity index (χ4v) is 4.16. The van der Waals surface area contributed by atoms with Crippen LogP contribution in [0.1, 0.15) is 18.9 Å². The highest BCUT2D eigenvalue weighted by Gasteiger charge is 2.20. The average molecular weight is 471 g/mol. The third kappa shape index (κ3) is 6.30. The van der Waals surface area contributed by atoms with E-state index in [0.29, 0.717) is 23.3 Å². The second-order valence-electron chi connectivity index (χ2n) is 6.74. The molecule has 9 heteroatoms. The number of anilines is 1. The van der Waals surface area contributed by atoms with E-state index < -0.39 is 0 Å². The quantitative estimate of drug-likeness (QED) is 0.310. The summed E-state index contributed by atoms with van der Waals surface area (Å²) in [4.78, 5) is 13.5. The van der Waals surface area contributed by atoms with Gasteiger partial charge in [-0.2, -0.15) is 0 Å². The van der Waals surface area contributed by atoms with E-state index in [1.807, 2.05) is 66.3 Å². The summed E-state index contributed by atoms with van der Waals surface area (Å²) in [6.45, 7) is 6.25. The molecule has 3 aromatic rings. The maximum Gasteiger partial charge on any atom is 0.234 e. The summed E-state index contributed by atoms with van der Waals surface area (Å²) < 4.78 is 13.1. The van der Waals surface area contributed by atoms with Gasteiger partial charge in [0.05, 0.1) is 12.9 Å². The van der Waals surface area contributed by atoms with Crippen LogP contribution in [-0.4, -0.2) is 39.8 Å². The molecular formula is C23H26N4O3S2. The second-order valence-corrected chi connectivity index (χ2v) is 8.57. The van der Waals surface area contributed by atoms with Crippen molar-refractivity contribution >= 4 is 35.1 Å². The molecule has 168 valence electrons. The van der Waals surface area contributed by atoms with Crippen molar-refractivity contribution in [3.63, 3.8) is 0 Å². The lowest BCUT2D eigenvalue weighted by Crippen LogP contribution is -2.15. The number of methoxy groups -OCH3 is 1. The Balaban J connectivity index is 1.65. The number of benzene rings is 2. The predicted molar refractivity (Wildman–Crippen MR) is 130 cm³/mol. The number of rotatable bonds is 11. The maximum absolute atomic E-state index is 12.4. The number of carbonyl (C=O) groups is 1. The van der Waals surface area contributed by atoms with E-state index in [-0.39, 0.29) is 17.8 Å². The molecule has 0 aliphatic rings. The van der Waals surface area contributed by atoms with Crippen molar-refractivity contribution in [1.82, 2.24) is 14.8 Å². The number of carbonyl (C=O) groups excluding carboxylic acids is 1. The fourth-order valence-electron chi connectivity index (χ4n) is 2.95. The molecular weight excluding hydrogens is 444 g/mol. The highest BCUT2D eigenvalue weighted by Crippen LogP contribution is 2.26. The minimum absolute atomic E-state index is 0.106. The van der Waals surface area contributed by atoms with Gasteiger partial charge in [-0.15, -0.1) is 28.5 Å². The number of aromatic nitrogens is 3. The van der Waals surface area contributed by atoms with Crippen LogP contribution < -0.4 is 14.8 Å². The first-order chi connectivity index (χ1) is 15.5. The Morgan fingerprint density at radius 3 is 2.66 bits per heavy atom. The van der Waals surface area contributed by atoms with Crippen molar-refractivity contribution in [1.29, 1.82) is 0 Å². The summed E-state index contributed by atoms with van der Waals surface area (Å²) in [7, 11) is 1.62. The molecule has 0 aliphatic heterocycles. The summed E-state index contributed by atoms with van der Waals surface area (Å²) in [6.07, 6.45) is 3.43. The molecule has 1 aromatic heterocycles. The maximum atomic E-state index is 12.4. The second kappa shape index (κ2) is 11.6. The highest BCUT2D eigenvalue weighted by molar-refractivity contribution is 7.99. The Hall–Kier alpha value is -2.91. The molecule has 0 aliphatic carbocycles. The summed E-state index contributed by atoms with van der Waals surface area (Å²) in [5, 5.41) is 12.1. The number of thioether (sulfide) groups is 2. The van der Waals surface area contributed by atoms with Crippen LogP contribution in [0.3, 0.4) is 0 Å². The van der Waals surface area contributed by atoms with Crippen molar-refractivity contribution in [3.8, 4) is 11.5 Å². The van der Waals surface area contributed by atoms with Crippen LogP contribution in [0.15, 0.2) is 71.2 Å². The van der Waals surface area contributed by atoms with Crippen molar-refractivity contribution in [2.24, 2.45) is 0 Å². The number of nitrogens with zero attached hydrogens (tertiary/aromatic N) is 3. The van der Waals surface area contributed by atoms with Gasteiger partial charge in [-0.25, -0.2) is 0 Å². The summed E-state index contributed by atoms with van der Waals surface area (Å²) in [6, 6.07) is 15.1. The van der Waals surface area contributed by atoms with Crippen LogP contribution in [0.2, 0.25) is 0 Å². The van der Waals surface area contributed by atoms with Crippen LogP contribution in [0.25, 0.3) is 0 Å². The third-order valence-electron chi connectivity index (χ3n) is 4.48. The number of hydrogen-bond acceptors (Lipinski definition) is 7. The minimum atomic E-state index is -0.340. The molecule has 0 fully saturated rings. The lowest BCUT2D eigenvalue weighted by Gasteiger charge is -2.16. The smallest absolute Gasteiger partial charge is 0.234 e. The zero-order chi connectivity index (χ0) is 22.9. The Kier molecular flexibility index (Phi) is 8.64. The van der Waals surface area contributed by atoms with Crippen LogP contribution in [0.4, 0.5) is 5.69 Å². The van der Waals surface area contributed by atoms with Crippen molar-refractivity contribution in [2.45, 2.75) is 29.6 Å². The van der Waals surface area contributed by atoms with Gasteiger partial charge < -0.3 is 14.8 Å². The van der Waals surface area contributed by atoms with Gasteiger partial charge >= 0.3 is 0 Å². The number of allylic oxidation sites excluding steroid dienone is 1. The van der Waals surface area contributed by atoms with E-state index in [1.165, 1.54) is 11.8 Å². The van der Waals surface area contributed by atoms with Gasteiger partial charge in [0.1, 0.15) is 11.5 Å². The predicted octanol–water partition coefficient (Wildman–Crippen LogP) is 5.07. The third-order valence-corrected chi connectivity index (χ3v) is 6.17. The first-order valence-electron chi connectivity index (χ1n) is 9.95. The zero-order valence-electron chi connectivity index (χ0n) is 18.3. The van der Waals surface area contributed by atoms with Gasteiger partial charge in [-0.3, -0.25) is 9.36 Å². The number of amides is 1. The van der Waals surface area contributed by atoms with Gasteiger partial charge in [0, 0.05) is 17.1 Å². The molecule has 0 saturated heterocycles. The molecule has 2 aromatic carbocycles. The van der Waals surface area contributed by atoms with Crippen LogP contribution in [-0.2, 0) is 11.3 Å². The molecule has 1 atom stereocenters. The molecule has 1 heterocycles. The van der Waals surface area contributed by atoms with E-state index in [0.717, 1.165) is 16.3 Å². The number of nitrogens with one attached hydrogen (secondary N) is 1. The largest absolute Gasteiger partial charge is 0.497 e. The minimum Gasteiger partial charge on any atom is -0.497 e. The number of hydrogen-bond donors (Lipinski definition) is 1. The normalized spacial score (nSPS) is 11.6. The molecule has 0 spiro atoms. The summed E-state index contributed by atoms with van der Waals surface area (Å²) >= 11 is 2.96. The van der Waals surface area contributed by atoms with Crippen molar-refractivity contribution in [3.05, 3.63) is 67.0 Å². The van der Waals surface area contributed by atoms with Gasteiger partial charge in [-0.05, 0) is 55.6 Å². The SMILES string of the molecule is C=CCn1c(SCC(=O)Nc2cccc(SC)c2)nnc1C(C)Oc1ccc(OC)cc1. The molecule has 0 bridgehead atoms. The van der Waals surface area contributed by atoms with E-state index >= 15 is 0 Å². The summed E-state index contributed by atoms with van der Waals surface area (Å²) in [5.41, 5.74) is 0.775. The lowest BCUT2D eigenvalue weighted by molar-refractivity contribution is -0.113. The standard InChI is InChI=1S/C23H26N4O3S2/c1-5-13-27-22(16(2)30-19-11-9-18(29-3)10-12-19)25-26-23(27)32-15-21(28)24-17-7-6-8-20(14-17)31-4/h5-12,14,16H,1,13,15H2,2-4H3,(H,24,28). The molecule has 0 radical (unpaired) electrons. The van der Waals surface area contributed by atoms with Crippen LogP contribution in [0, 0.1) is 0 Å². The number of ether oxygens (including phenoxy) is 2. The van der Waals surface area contributed by atoms with E-state index in [1.54, 1.807) is 24.9 Å². The van der Waals surface area contributed by atoms with Crippen molar-refractivity contribution in [2.75, 3.05) is 24.4 Å². The molecule has 7 nitrogen and oxygen atoms in total. The van der Waals surface area contributed by atoms with Gasteiger partial charge in [0.2, 0.25) is 5.91 Å². The molecule has 1 N–H and O–H groups in total. The van der Waals surface area contributed by atoms with Crippen molar-refractivity contribution < 1.29 is 14.3 Å². The first kappa shape index (κ1) is 23.7. The van der Waals surface area contributed by atoms with E-state index in [4.69, 9.17) is 9.47 Å². The Bertz CT molecular complexity index is 1050. The monoisotopic (exact) mass is 470 g/mol.